The molecule has 0 fully saturated rings. The Kier molecular flexibility index (Phi) is 4.66. The largest absolute Gasteiger partial charge is 0.384 e. The molecular formula is C14H10Br2ClFO. The predicted molar refractivity (Wildman–Crippen MR) is 82.1 cm³/mol. The topological polar surface area (TPSA) is 20.2 Å². The fourth-order valence-electron chi connectivity index (χ4n) is 1.82. The molecule has 0 aliphatic heterocycles. The maximum atomic E-state index is 13.9. The van der Waals surface area contributed by atoms with E-state index in [0.717, 1.165) is 10.0 Å². The van der Waals surface area contributed by atoms with Gasteiger partial charge in [-0.3, -0.25) is 0 Å². The van der Waals surface area contributed by atoms with Gasteiger partial charge in [-0.15, -0.1) is 0 Å². The van der Waals surface area contributed by atoms with Crippen molar-refractivity contribution < 1.29 is 9.50 Å². The third-order valence-corrected chi connectivity index (χ3v) is 4.56. The van der Waals surface area contributed by atoms with Gasteiger partial charge in [0.15, 0.2) is 0 Å². The van der Waals surface area contributed by atoms with Crippen LogP contribution in [0.2, 0.25) is 5.02 Å². The second-order valence-corrected chi connectivity index (χ2v) is 6.37. The van der Waals surface area contributed by atoms with Crippen LogP contribution in [0.5, 0.6) is 0 Å². The Morgan fingerprint density at radius 2 is 1.84 bits per heavy atom. The molecule has 1 atom stereocenters. The predicted octanol–water partition coefficient (Wildman–Crippen LogP) is 5.39. The van der Waals surface area contributed by atoms with E-state index < -0.39 is 11.9 Å². The molecule has 0 saturated heterocycles. The van der Waals surface area contributed by atoms with Crippen LogP contribution >= 0.6 is 43.5 Å². The fourth-order valence-corrected chi connectivity index (χ4v) is 2.69. The molecule has 2 aromatic rings. The summed E-state index contributed by atoms with van der Waals surface area (Å²) in [5, 5.41) is 10.7. The Balaban J connectivity index is 2.52. The highest BCUT2D eigenvalue weighted by Crippen LogP contribution is 2.33. The van der Waals surface area contributed by atoms with Crippen LogP contribution in [0.4, 0.5) is 4.39 Å². The van der Waals surface area contributed by atoms with E-state index in [4.69, 9.17) is 11.6 Å². The highest BCUT2D eigenvalue weighted by atomic mass is 79.9. The number of benzene rings is 2. The van der Waals surface area contributed by atoms with Crippen molar-refractivity contribution >= 4 is 43.5 Å². The molecule has 2 rings (SSSR count). The number of rotatable bonds is 2. The summed E-state index contributed by atoms with van der Waals surface area (Å²) in [5.74, 6) is -0.497. The summed E-state index contributed by atoms with van der Waals surface area (Å²) in [6, 6.07) is 8.20. The van der Waals surface area contributed by atoms with Gasteiger partial charge in [0.05, 0.1) is 5.02 Å². The van der Waals surface area contributed by atoms with E-state index in [0.29, 0.717) is 15.1 Å². The van der Waals surface area contributed by atoms with Gasteiger partial charge in [0.1, 0.15) is 11.9 Å². The molecule has 0 saturated carbocycles. The first-order chi connectivity index (χ1) is 8.90. The van der Waals surface area contributed by atoms with Crippen LogP contribution in [0.15, 0.2) is 39.3 Å². The molecule has 0 heterocycles. The number of aliphatic hydroxyl groups excluding tert-OH is 1. The van der Waals surface area contributed by atoms with E-state index in [9.17, 15) is 9.50 Å². The van der Waals surface area contributed by atoms with Gasteiger partial charge in [-0.2, -0.15) is 0 Å². The Bertz CT molecular complexity index is 631. The van der Waals surface area contributed by atoms with Gasteiger partial charge in [0.2, 0.25) is 0 Å². The summed E-state index contributed by atoms with van der Waals surface area (Å²) in [6.07, 6.45) is -1.05. The van der Waals surface area contributed by atoms with Crippen LogP contribution in [0.1, 0.15) is 22.8 Å². The quantitative estimate of drug-likeness (QED) is 0.660. The van der Waals surface area contributed by atoms with E-state index in [2.05, 4.69) is 31.9 Å². The second kappa shape index (κ2) is 5.92. The minimum atomic E-state index is -1.05. The fraction of sp³-hybridized carbons (Fsp3) is 0.143. The Morgan fingerprint density at radius 3 is 2.53 bits per heavy atom. The summed E-state index contributed by atoms with van der Waals surface area (Å²) < 4.78 is 15.2. The van der Waals surface area contributed by atoms with Crippen LogP contribution in [-0.4, -0.2) is 5.11 Å². The first-order valence-corrected chi connectivity index (χ1v) is 7.45. The molecule has 0 radical (unpaired) electrons. The van der Waals surface area contributed by atoms with Crippen LogP contribution in [-0.2, 0) is 0 Å². The van der Waals surface area contributed by atoms with Crippen molar-refractivity contribution in [2.45, 2.75) is 13.0 Å². The van der Waals surface area contributed by atoms with Crippen molar-refractivity contribution in [1.29, 1.82) is 0 Å². The van der Waals surface area contributed by atoms with Crippen molar-refractivity contribution in [3.05, 3.63) is 66.8 Å². The molecular weight excluding hydrogens is 398 g/mol. The summed E-state index contributed by atoms with van der Waals surface area (Å²) in [4.78, 5) is 0. The molecule has 5 heteroatoms. The zero-order chi connectivity index (χ0) is 14.2. The molecule has 2 aromatic carbocycles. The van der Waals surface area contributed by atoms with Crippen molar-refractivity contribution in [2.75, 3.05) is 0 Å². The van der Waals surface area contributed by atoms with Crippen LogP contribution in [0.3, 0.4) is 0 Å². The number of halogens is 4. The van der Waals surface area contributed by atoms with Gasteiger partial charge in [-0.25, -0.2) is 4.39 Å². The van der Waals surface area contributed by atoms with E-state index in [1.807, 2.05) is 19.1 Å². The van der Waals surface area contributed by atoms with Crippen molar-refractivity contribution in [3.63, 3.8) is 0 Å². The zero-order valence-electron chi connectivity index (χ0n) is 9.92. The molecule has 0 amide bonds. The SMILES string of the molecule is Cc1ccc(Br)cc1C(O)c1cc(Cl)c(Br)cc1F. The third kappa shape index (κ3) is 3.19. The first kappa shape index (κ1) is 15.0. The van der Waals surface area contributed by atoms with Gasteiger partial charge in [-0.1, -0.05) is 33.6 Å². The summed E-state index contributed by atoms with van der Waals surface area (Å²) in [6.45, 7) is 1.86. The molecule has 1 nitrogen and oxygen atoms in total. The van der Waals surface area contributed by atoms with E-state index >= 15 is 0 Å². The molecule has 0 aliphatic carbocycles. The van der Waals surface area contributed by atoms with Crippen molar-refractivity contribution in [3.8, 4) is 0 Å². The van der Waals surface area contributed by atoms with E-state index in [1.165, 1.54) is 12.1 Å². The van der Waals surface area contributed by atoms with Gasteiger partial charge < -0.3 is 5.11 Å². The van der Waals surface area contributed by atoms with Gasteiger partial charge >= 0.3 is 0 Å². The summed E-state index contributed by atoms with van der Waals surface area (Å²) in [7, 11) is 0. The number of hydrogen-bond donors (Lipinski definition) is 1. The molecule has 1 N–H and O–H groups in total. The maximum absolute atomic E-state index is 13.9. The normalized spacial score (nSPS) is 12.5. The zero-order valence-corrected chi connectivity index (χ0v) is 13.9. The van der Waals surface area contributed by atoms with Crippen LogP contribution in [0.25, 0.3) is 0 Å². The summed E-state index contributed by atoms with van der Waals surface area (Å²) >= 11 is 12.4. The lowest BCUT2D eigenvalue weighted by molar-refractivity contribution is 0.214. The van der Waals surface area contributed by atoms with Crippen LogP contribution in [0, 0.1) is 12.7 Å². The lowest BCUT2D eigenvalue weighted by Gasteiger charge is -2.16. The molecule has 0 bridgehead atoms. The van der Waals surface area contributed by atoms with Gasteiger partial charge in [0.25, 0.3) is 0 Å². The minimum absolute atomic E-state index is 0.161. The average Bonchev–Trinajstić information content (AvgIpc) is 2.36. The monoisotopic (exact) mass is 406 g/mol. The standard InChI is InChI=1S/C14H10Br2ClFO/c1-7-2-3-8(15)4-9(7)14(19)10-5-12(17)11(16)6-13(10)18/h2-6,14,19H,1H3. The molecule has 0 aliphatic rings. The number of aliphatic hydroxyl groups is 1. The molecule has 0 aromatic heterocycles. The first-order valence-electron chi connectivity index (χ1n) is 5.48. The van der Waals surface area contributed by atoms with E-state index in [-0.39, 0.29) is 5.56 Å². The molecule has 19 heavy (non-hydrogen) atoms. The number of hydrogen-bond acceptors (Lipinski definition) is 1. The Morgan fingerprint density at radius 1 is 1.16 bits per heavy atom. The second-order valence-electron chi connectivity index (χ2n) is 4.19. The van der Waals surface area contributed by atoms with Gasteiger partial charge in [-0.05, 0) is 58.2 Å². The lowest BCUT2D eigenvalue weighted by Crippen LogP contribution is -2.05. The minimum Gasteiger partial charge on any atom is -0.384 e. The van der Waals surface area contributed by atoms with Gasteiger partial charge in [0, 0.05) is 14.5 Å². The van der Waals surface area contributed by atoms with Crippen LogP contribution < -0.4 is 0 Å². The number of aryl methyl sites for hydroxylation is 1. The maximum Gasteiger partial charge on any atom is 0.130 e. The van der Waals surface area contributed by atoms with Crippen molar-refractivity contribution in [1.82, 2.24) is 0 Å². The molecule has 1 unspecified atom stereocenters. The molecule has 0 spiro atoms. The highest BCUT2D eigenvalue weighted by molar-refractivity contribution is 9.10. The Labute approximate surface area is 132 Å². The third-order valence-electron chi connectivity index (χ3n) is 2.87. The van der Waals surface area contributed by atoms with E-state index in [1.54, 1.807) is 6.07 Å². The smallest absolute Gasteiger partial charge is 0.130 e. The highest BCUT2D eigenvalue weighted by Gasteiger charge is 2.19. The lowest BCUT2D eigenvalue weighted by atomic mass is 9.97. The van der Waals surface area contributed by atoms with Crippen molar-refractivity contribution in [2.24, 2.45) is 0 Å². The summed E-state index contributed by atoms with van der Waals surface area (Å²) in [5.41, 5.74) is 1.69. The Hall–Kier alpha value is -0.420. The molecule has 100 valence electrons. The average molecular weight is 408 g/mol.